The van der Waals surface area contributed by atoms with E-state index in [0.29, 0.717) is 5.69 Å². The Morgan fingerprint density at radius 2 is 1.76 bits per heavy atom. The minimum absolute atomic E-state index is 0.00353. The Balaban J connectivity index is 1.62. The fourth-order valence-corrected chi connectivity index (χ4v) is 3.31. The molecule has 2 aliphatic rings. The van der Waals surface area contributed by atoms with Crippen LogP contribution in [0.15, 0.2) is 6.20 Å². The molecule has 6 heteroatoms. The number of rotatable bonds is 4. The van der Waals surface area contributed by atoms with Crippen molar-refractivity contribution in [2.24, 2.45) is 5.92 Å². The fraction of sp³-hybridized carbons (Fsp3) is 0.667. The SMILES string of the molecule is O=C(NC1CCCC1)c1n[nH]cc1NC(=O)C1CCCC1. The van der Waals surface area contributed by atoms with E-state index in [1.54, 1.807) is 6.20 Å². The van der Waals surface area contributed by atoms with E-state index in [9.17, 15) is 9.59 Å². The number of aromatic amines is 1. The number of anilines is 1. The molecule has 3 N–H and O–H groups in total. The van der Waals surface area contributed by atoms with E-state index in [4.69, 9.17) is 0 Å². The molecule has 0 unspecified atom stereocenters. The quantitative estimate of drug-likeness (QED) is 0.794. The molecule has 2 fully saturated rings. The van der Waals surface area contributed by atoms with E-state index in [1.807, 2.05) is 0 Å². The molecule has 1 heterocycles. The normalized spacial score (nSPS) is 19.8. The summed E-state index contributed by atoms with van der Waals surface area (Å²) in [5.41, 5.74) is 0.774. The highest BCUT2D eigenvalue weighted by Crippen LogP contribution is 2.26. The minimum atomic E-state index is -0.204. The minimum Gasteiger partial charge on any atom is -0.348 e. The summed E-state index contributed by atoms with van der Waals surface area (Å²) in [6.07, 6.45) is 10.1. The van der Waals surface area contributed by atoms with Gasteiger partial charge in [-0.05, 0) is 25.7 Å². The van der Waals surface area contributed by atoms with E-state index in [0.717, 1.165) is 51.4 Å². The zero-order valence-corrected chi connectivity index (χ0v) is 12.2. The Morgan fingerprint density at radius 3 is 2.48 bits per heavy atom. The van der Waals surface area contributed by atoms with Crippen molar-refractivity contribution < 1.29 is 9.59 Å². The summed E-state index contributed by atoms with van der Waals surface area (Å²) in [6.45, 7) is 0. The van der Waals surface area contributed by atoms with Gasteiger partial charge in [-0.15, -0.1) is 0 Å². The summed E-state index contributed by atoms with van der Waals surface area (Å²) in [6, 6.07) is 0.243. The van der Waals surface area contributed by atoms with Crippen molar-refractivity contribution in [3.8, 4) is 0 Å². The van der Waals surface area contributed by atoms with E-state index in [2.05, 4.69) is 20.8 Å². The molecule has 1 aromatic rings. The third-order valence-corrected chi connectivity index (χ3v) is 4.53. The van der Waals surface area contributed by atoms with Crippen molar-refractivity contribution in [1.29, 1.82) is 0 Å². The summed E-state index contributed by atoms with van der Waals surface area (Å²) < 4.78 is 0. The van der Waals surface area contributed by atoms with Crippen LogP contribution in [0, 0.1) is 5.92 Å². The summed E-state index contributed by atoms with van der Waals surface area (Å²) in [5.74, 6) is -0.126. The summed E-state index contributed by atoms with van der Waals surface area (Å²) in [5, 5.41) is 12.5. The second kappa shape index (κ2) is 6.28. The van der Waals surface area contributed by atoms with Gasteiger partial charge in [-0.1, -0.05) is 25.7 Å². The van der Waals surface area contributed by atoms with Gasteiger partial charge in [0.2, 0.25) is 5.91 Å². The first kappa shape index (κ1) is 14.1. The first-order valence-corrected chi connectivity index (χ1v) is 7.89. The highest BCUT2D eigenvalue weighted by molar-refractivity contribution is 6.02. The van der Waals surface area contributed by atoms with Gasteiger partial charge in [-0.2, -0.15) is 5.10 Å². The van der Waals surface area contributed by atoms with E-state index in [1.165, 1.54) is 0 Å². The maximum absolute atomic E-state index is 12.2. The molecule has 1 aromatic heterocycles. The van der Waals surface area contributed by atoms with Crippen molar-refractivity contribution in [1.82, 2.24) is 15.5 Å². The first-order chi connectivity index (χ1) is 10.2. The molecule has 0 saturated heterocycles. The summed E-state index contributed by atoms with van der Waals surface area (Å²) in [4.78, 5) is 24.4. The van der Waals surface area contributed by atoms with E-state index < -0.39 is 0 Å². The lowest BCUT2D eigenvalue weighted by molar-refractivity contribution is -0.119. The fourth-order valence-electron chi connectivity index (χ4n) is 3.31. The van der Waals surface area contributed by atoms with Crippen LogP contribution in [0.25, 0.3) is 0 Å². The molecule has 0 bridgehead atoms. The number of aromatic nitrogens is 2. The number of nitrogens with one attached hydrogen (secondary N) is 3. The predicted octanol–water partition coefficient (Wildman–Crippen LogP) is 2.21. The highest BCUT2D eigenvalue weighted by Gasteiger charge is 2.26. The van der Waals surface area contributed by atoms with Crippen molar-refractivity contribution in [3.05, 3.63) is 11.9 Å². The molecule has 114 valence electrons. The summed E-state index contributed by atoms with van der Waals surface area (Å²) >= 11 is 0. The second-order valence-electron chi connectivity index (χ2n) is 6.07. The lowest BCUT2D eigenvalue weighted by atomic mass is 10.1. The molecule has 2 amide bonds. The Labute approximate surface area is 124 Å². The van der Waals surface area contributed by atoms with Crippen LogP contribution < -0.4 is 10.6 Å². The molecule has 6 nitrogen and oxygen atoms in total. The van der Waals surface area contributed by atoms with Crippen LogP contribution in [-0.2, 0) is 4.79 Å². The Hall–Kier alpha value is -1.85. The van der Waals surface area contributed by atoms with Crippen molar-refractivity contribution in [3.63, 3.8) is 0 Å². The number of hydrogen-bond donors (Lipinski definition) is 3. The van der Waals surface area contributed by atoms with Crippen LogP contribution in [0.1, 0.15) is 61.9 Å². The number of carbonyl (C=O) groups excluding carboxylic acids is 2. The second-order valence-corrected chi connectivity index (χ2v) is 6.07. The Morgan fingerprint density at radius 1 is 1.10 bits per heavy atom. The molecule has 2 saturated carbocycles. The number of carbonyl (C=O) groups is 2. The van der Waals surface area contributed by atoms with E-state index >= 15 is 0 Å². The van der Waals surface area contributed by atoms with Gasteiger partial charge in [-0.25, -0.2) is 0 Å². The average molecular weight is 290 g/mol. The molecule has 0 aromatic carbocycles. The van der Waals surface area contributed by atoms with Gasteiger partial charge in [-0.3, -0.25) is 14.7 Å². The average Bonchev–Trinajstić information content (AvgIpc) is 3.21. The molecule has 3 rings (SSSR count). The lowest BCUT2D eigenvalue weighted by Crippen LogP contribution is -2.33. The molecule has 0 radical (unpaired) electrons. The van der Waals surface area contributed by atoms with Gasteiger partial charge in [0.15, 0.2) is 5.69 Å². The molecule has 0 atom stereocenters. The van der Waals surface area contributed by atoms with Crippen molar-refractivity contribution >= 4 is 17.5 Å². The number of hydrogen-bond acceptors (Lipinski definition) is 3. The van der Waals surface area contributed by atoms with Crippen LogP contribution in [0.3, 0.4) is 0 Å². The maximum atomic E-state index is 12.2. The third kappa shape index (κ3) is 3.25. The molecule has 0 aliphatic heterocycles. The molecular weight excluding hydrogens is 268 g/mol. The van der Waals surface area contributed by atoms with Gasteiger partial charge in [0.25, 0.3) is 5.91 Å². The van der Waals surface area contributed by atoms with Crippen LogP contribution in [-0.4, -0.2) is 28.1 Å². The Bertz CT molecular complexity index is 513. The van der Waals surface area contributed by atoms with Crippen LogP contribution >= 0.6 is 0 Å². The van der Waals surface area contributed by atoms with Crippen LogP contribution in [0.2, 0.25) is 0 Å². The maximum Gasteiger partial charge on any atom is 0.274 e. The van der Waals surface area contributed by atoms with Gasteiger partial charge >= 0.3 is 0 Å². The summed E-state index contributed by atoms with van der Waals surface area (Å²) in [7, 11) is 0. The first-order valence-electron chi connectivity index (χ1n) is 7.89. The number of H-pyrrole nitrogens is 1. The predicted molar refractivity (Wildman–Crippen MR) is 78.9 cm³/mol. The smallest absolute Gasteiger partial charge is 0.274 e. The third-order valence-electron chi connectivity index (χ3n) is 4.53. The monoisotopic (exact) mass is 290 g/mol. The van der Waals surface area contributed by atoms with Gasteiger partial charge in [0.05, 0.1) is 5.69 Å². The zero-order chi connectivity index (χ0) is 14.7. The molecule has 21 heavy (non-hydrogen) atoms. The van der Waals surface area contributed by atoms with Crippen LogP contribution in [0.4, 0.5) is 5.69 Å². The van der Waals surface area contributed by atoms with Crippen LogP contribution in [0.5, 0.6) is 0 Å². The number of nitrogens with zero attached hydrogens (tertiary/aromatic N) is 1. The Kier molecular flexibility index (Phi) is 4.22. The topological polar surface area (TPSA) is 86.9 Å². The van der Waals surface area contributed by atoms with Crippen molar-refractivity contribution in [2.75, 3.05) is 5.32 Å². The number of amides is 2. The molecular formula is C15H22N4O2. The largest absolute Gasteiger partial charge is 0.348 e. The van der Waals surface area contributed by atoms with E-state index in [-0.39, 0.29) is 29.5 Å². The van der Waals surface area contributed by atoms with Gasteiger partial charge < -0.3 is 10.6 Å². The zero-order valence-electron chi connectivity index (χ0n) is 12.2. The highest BCUT2D eigenvalue weighted by atomic mass is 16.2. The molecule has 2 aliphatic carbocycles. The molecule has 0 spiro atoms. The van der Waals surface area contributed by atoms with Gasteiger partial charge in [0.1, 0.15) is 0 Å². The van der Waals surface area contributed by atoms with Crippen molar-refractivity contribution in [2.45, 2.75) is 57.4 Å². The lowest BCUT2D eigenvalue weighted by Gasteiger charge is -2.13. The standard InChI is InChI=1S/C15H22N4O2/c20-14(10-5-1-2-6-10)18-12-9-16-19-13(12)15(21)17-11-7-3-4-8-11/h9-11H,1-8H2,(H,16,19)(H,17,21)(H,18,20). The van der Waals surface area contributed by atoms with Gasteiger partial charge in [0, 0.05) is 18.2 Å².